The zero-order chi connectivity index (χ0) is 27.4. The fourth-order valence-electron chi connectivity index (χ4n) is 4.61. The number of hydrogen-bond acceptors (Lipinski definition) is 3. The van der Waals surface area contributed by atoms with Crippen LogP contribution in [0.15, 0.2) is 71.7 Å². The van der Waals surface area contributed by atoms with Crippen LogP contribution in [0.1, 0.15) is 43.4 Å². The topological polar surface area (TPSA) is 41.9 Å². The Balaban J connectivity index is 1.63. The molecule has 0 bridgehead atoms. The lowest BCUT2D eigenvalue weighted by molar-refractivity contribution is -0.274. The summed E-state index contributed by atoms with van der Waals surface area (Å²) in [6, 6.07) is 15.5. The first-order valence-corrected chi connectivity index (χ1v) is 12.3. The van der Waals surface area contributed by atoms with Gasteiger partial charge in [-0.05, 0) is 47.4 Å². The van der Waals surface area contributed by atoms with E-state index in [-0.39, 0.29) is 29.4 Å². The fraction of sp³-hybridized carbons (Fsp3) is 0.310. The number of unbranched alkanes of at least 4 members (excludes halogenated alkanes) is 1. The van der Waals surface area contributed by atoms with Crippen molar-refractivity contribution in [2.45, 2.75) is 38.6 Å². The van der Waals surface area contributed by atoms with Gasteiger partial charge in [-0.1, -0.05) is 55.8 Å². The molecule has 2 atom stereocenters. The Bertz CT molecular complexity index is 1280. The lowest BCUT2D eigenvalue weighted by Gasteiger charge is -2.24. The van der Waals surface area contributed by atoms with E-state index in [0.29, 0.717) is 17.7 Å². The Morgan fingerprint density at radius 2 is 1.55 bits per heavy atom. The van der Waals surface area contributed by atoms with Gasteiger partial charge in [0.1, 0.15) is 17.4 Å². The van der Waals surface area contributed by atoms with Crippen LogP contribution in [0.25, 0.3) is 11.1 Å². The van der Waals surface area contributed by atoms with Crippen LogP contribution in [0.3, 0.4) is 0 Å². The van der Waals surface area contributed by atoms with Gasteiger partial charge in [0, 0.05) is 25.7 Å². The predicted molar refractivity (Wildman–Crippen MR) is 135 cm³/mol. The van der Waals surface area contributed by atoms with Crippen LogP contribution < -0.4 is 4.74 Å². The van der Waals surface area contributed by atoms with Crippen molar-refractivity contribution in [2.75, 3.05) is 13.6 Å². The third-order valence-corrected chi connectivity index (χ3v) is 6.55. The van der Waals surface area contributed by atoms with E-state index in [0.717, 1.165) is 30.5 Å². The largest absolute Gasteiger partial charge is 0.573 e. The second kappa shape index (κ2) is 11.3. The highest BCUT2D eigenvalue weighted by Crippen LogP contribution is 2.39. The number of ether oxygens (including phenoxy) is 1. The molecule has 3 aromatic carbocycles. The second-order valence-corrected chi connectivity index (χ2v) is 9.24. The molecule has 1 amide bonds. The number of nitrogens with zero attached hydrogens (tertiary/aromatic N) is 2. The van der Waals surface area contributed by atoms with Crippen LogP contribution >= 0.6 is 0 Å². The highest BCUT2D eigenvalue weighted by atomic mass is 19.4. The molecule has 4 rings (SSSR count). The molecule has 38 heavy (non-hydrogen) atoms. The summed E-state index contributed by atoms with van der Waals surface area (Å²) in [5.74, 6) is -2.56. The molecule has 0 aromatic heterocycles. The zero-order valence-electron chi connectivity index (χ0n) is 20.9. The van der Waals surface area contributed by atoms with Crippen LogP contribution in [-0.4, -0.2) is 36.5 Å². The number of halogens is 5. The second-order valence-electron chi connectivity index (χ2n) is 9.24. The maximum atomic E-state index is 14.6. The number of amides is 1. The Morgan fingerprint density at radius 3 is 2.11 bits per heavy atom. The smallest absolute Gasteiger partial charge is 0.406 e. The van der Waals surface area contributed by atoms with Crippen LogP contribution in [0.5, 0.6) is 5.75 Å². The van der Waals surface area contributed by atoms with Crippen LogP contribution in [-0.2, 0) is 4.79 Å². The van der Waals surface area contributed by atoms with E-state index in [9.17, 15) is 26.7 Å². The summed E-state index contributed by atoms with van der Waals surface area (Å²) < 4.78 is 70.3. The molecule has 1 aliphatic rings. The molecule has 0 radical (unpaired) electrons. The van der Waals surface area contributed by atoms with E-state index in [1.807, 2.05) is 6.92 Å². The highest BCUT2D eigenvalue weighted by Gasteiger charge is 2.39. The molecule has 0 N–H and O–H groups in total. The first-order chi connectivity index (χ1) is 18.1. The summed E-state index contributed by atoms with van der Waals surface area (Å²) in [4.78, 5) is 19.6. The van der Waals surface area contributed by atoms with Gasteiger partial charge in [-0.2, -0.15) is 0 Å². The molecular weight excluding hydrogens is 503 g/mol. The Labute approximate surface area is 217 Å². The minimum atomic E-state index is -4.77. The molecular formula is C29H27F5N2O2. The van der Waals surface area contributed by atoms with Gasteiger partial charge in [-0.3, -0.25) is 9.79 Å². The molecule has 0 spiro atoms. The molecule has 0 aliphatic carbocycles. The Hall–Kier alpha value is -3.75. The normalized spacial score (nSPS) is 17.3. The average molecular weight is 531 g/mol. The third kappa shape index (κ3) is 6.20. The number of hydrogen-bond donors (Lipinski definition) is 0. The third-order valence-electron chi connectivity index (χ3n) is 6.55. The van der Waals surface area contributed by atoms with Gasteiger partial charge in [0.05, 0.1) is 17.5 Å². The van der Waals surface area contributed by atoms with Crippen molar-refractivity contribution in [2.24, 2.45) is 10.9 Å². The van der Waals surface area contributed by atoms with Gasteiger partial charge < -0.3 is 9.64 Å². The highest BCUT2D eigenvalue weighted by molar-refractivity contribution is 6.05. The molecule has 0 fully saturated rings. The fourth-order valence-corrected chi connectivity index (χ4v) is 4.61. The standard InChI is InChI=1S/C29H27F5N2O2/c1-3-4-16-36(2)28(37)22-17-25(26-23(30)6-5-7-24(26)31)35-27(22)20-10-8-18(9-11-20)19-12-14-21(15-13-19)38-29(32,33)34/h5-15,22,27H,3-4,16-17H2,1-2H3/t22-,27?/m0/s1. The van der Waals surface area contributed by atoms with Crippen molar-refractivity contribution >= 4 is 11.6 Å². The number of aliphatic imine (C=N–C) groups is 1. The summed E-state index contributed by atoms with van der Waals surface area (Å²) in [5, 5.41) is 0. The van der Waals surface area contributed by atoms with E-state index in [1.165, 1.54) is 30.3 Å². The Morgan fingerprint density at radius 1 is 0.974 bits per heavy atom. The minimum absolute atomic E-state index is 0.0975. The monoisotopic (exact) mass is 530 g/mol. The Kier molecular flexibility index (Phi) is 8.14. The first kappa shape index (κ1) is 27.3. The molecule has 1 aliphatic heterocycles. The number of alkyl halides is 3. The number of carbonyl (C=O) groups is 1. The van der Waals surface area contributed by atoms with Gasteiger partial charge in [-0.15, -0.1) is 13.2 Å². The summed E-state index contributed by atoms with van der Waals surface area (Å²) in [7, 11) is 1.71. The molecule has 0 saturated carbocycles. The maximum absolute atomic E-state index is 14.6. The van der Waals surface area contributed by atoms with E-state index in [2.05, 4.69) is 9.73 Å². The van der Waals surface area contributed by atoms with Crippen LogP contribution in [0.2, 0.25) is 0 Å². The van der Waals surface area contributed by atoms with E-state index >= 15 is 0 Å². The number of rotatable bonds is 8. The summed E-state index contributed by atoms with van der Waals surface area (Å²) >= 11 is 0. The minimum Gasteiger partial charge on any atom is -0.406 e. The zero-order valence-corrected chi connectivity index (χ0v) is 20.9. The SMILES string of the molecule is CCCCN(C)C(=O)[C@H]1CC(c2c(F)cccc2F)=NC1c1ccc(-c2ccc(OC(F)(F)F)cc2)cc1. The summed E-state index contributed by atoms with van der Waals surface area (Å²) in [5.41, 5.74) is 2.08. The molecule has 3 aromatic rings. The quantitative estimate of drug-likeness (QED) is 0.286. The molecule has 1 unspecified atom stereocenters. The van der Waals surface area contributed by atoms with E-state index in [4.69, 9.17) is 0 Å². The van der Waals surface area contributed by atoms with E-state index < -0.39 is 30.0 Å². The molecule has 1 heterocycles. The molecule has 9 heteroatoms. The lowest BCUT2D eigenvalue weighted by Crippen LogP contribution is -2.35. The number of carbonyl (C=O) groups excluding carboxylic acids is 1. The first-order valence-electron chi connectivity index (χ1n) is 12.3. The van der Waals surface area contributed by atoms with Crippen molar-refractivity contribution in [1.29, 1.82) is 0 Å². The van der Waals surface area contributed by atoms with Gasteiger partial charge >= 0.3 is 6.36 Å². The predicted octanol–water partition coefficient (Wildman–Crippen LogP) is 7.34. The molecule has 0 saturated heterocycles. The lowest BCUT2D eigenvalue weighted by atomic mass is 9.89. The summed E-state index contributed by atoms with van der Waals surface area (Å²) in [6.07, 6.45) is -2.93. The van der Waals surface area contributed by atoms with Gasteiger partial charge in [0.25, 0.3) is 0 Å². The van der Waals surface area contributed by atoms with Crippen molar-refractivity contribution in [3.05, 3.63) is 89.5 Å². The van der Waals surface area contributed by atoms with Crippen LogP contribution in [0, 0.1) is 17.6 Å². The average Bonchev–Trinajstić information content (AvgIpc) is 3.31. The van der Waals surface area contributed by atoms with Crippen LogP contribution in [0.4, 0.5) is 22.0 Å². The van der Waals surface area contributed by atoms with Gasteiger partial charge in [0.15, 0.2) is 0 Å². The molecule has 200 valence electrons. The van der Waals surface area contributed by atoms with Crippen molar-refractivity contribution < 1.29 is 31.5 Å². The van der Waals surface area contributed by atoms with Crippen molar-refractivity contribution in [3.63, 3.8) is 0 Å². The van der Waals surface area contributed by atoms with Crippen molar-refractivity contribution in [1.82, 2.24) is 4.90 Å². The summed E-state index contributed by atoms with van der Waals surface area (Å²) in [6.45, 7) is 2.59. The maximum Gasteiger partial charge on any atom is 0.573 e. The molecule has 4 nitrogen and oxygen atoms in total. The van der Waals surface area contributed by atoms with E-state index in [1.54, 1.807) is 36.2 Å². The van der Waals surface area contributed by atoms with Gasteiger partial charge in [-0.25, -0.2) is 8.78 Å². The van der Waals surface area contributed by atoms with Crippen molar-refractivity contribution in [3.8, 4) is 16.9 Å². The number of benzene rings is 3. The van der Waals surface area contributed by atoms with Gasteiger partial charge in [0.2, 0.25) is 5.91 Å².